The van der Waals surface area contributed by atoms with Crippen molar-refractivity contribution in [3.05, 3.63) is 193 Å². The molecule has 10 aromatic rings. The molecule has 0 spiro atoms. The van der Waals surface area contributed by atoms with E-state index >= 15 is 0 Å². The summed E-state index contributed by atoms with van der Waals surface area (Å²) in [6.07, 6.45) is 0. The second-order valence-corrected chi connectivity index (χ2v) is 21.9. The van der Waals surface area contributed by atoms with E-state index in [1.165, 1.54) is 105 Å². The van der Waals surface area contributed by atoms with Crippen LogP contribution in [0.25, 0.3) is 71.9 Å². The highest BCUT2D eigenvalue weighted by Gasteiger charge is 2.45. The van der Waals surface area contributed by atoms with Gasteiger partial charge in [0, 0.05) is 61.2 Å². The van der Waals surface area contributed by atoms with Crippen LogP contribution in [0.1, 0.15) is 79.0 Å². The lowest BCUT2D eigenvalue weighted by atomic mass is 9.44. The van der Waals surface area contributed by atoms with Crippen LogP contribution < -0.4 is 15.8 Å². The van der Waals surface area contributed by atoms with Crippen molar-refractivity contribution in [2.45, 2.75) is 78.6 Å². The molecular weight excluding hydrogens is 798 g/mol. The van der Waals surface area contributed by atoms with Gasteiger partial charge in [-0.1, -0.05) is 184 Å². The molecular formula is C62H56BN3. The third-order valence-electron chi connectivity index (χ3n) is 14.5. The van der Waals surface area contributed by atoms with Gasteiger partial charge in [0.25, 0.3) is 0 Å². The van der Waals surface area contributed by atoms with E-state index in [4.69, 9.17) is 0 Å². The van der Waals surface area contributed by atoms with Crippen molar-refractivity contribution in [1.29, 1.82) is 0 Å². The minimum atomic E-state index is -0.129. The molecule has 4 heterocycles. The van der Waals surface area contributed by atoms with Crippen molar-refractivity contribution in [2.24, 2.45) is 0 Å². The van der Waals surface area contributed by atoms with E-state index in [0.717, 1.165) is 11.4 Å². The minimum Gasteiger partial charge on any atom is -0.375 e. The average molecular weight is 854 g/mol. The largest absolute Gasteiger partial charge is 0.375 e. The first-order valence-electron chi connectivity index (χ1n) is 23.7. The van der Waals surface area contributed by atoms with E-state index in [0.29, 0.717) is 0 Å². The summed E-state index contributed by atoms with van der Waals surface area (Å²) in [6.45, 7) is 21.0. The topological polar surface area (TPSA) is 13.1 Å². The summed E-state index contributed by atoms with van der Waals surface area (Å²) in [4.78, 5) is 2.61. The number of para-hydroxylation sites is 2. The molecule has 2 aliphatic heterocycles. The molecule has 0 saturated carbocycles. The van der Waals surface area contributed by atoms with Crippen molar-refractivity contribution in [3.63, 3.8) is 0 Å². The predicted octanol–water partition coefficient (Wildman–Crippen LogP) is 15.4. The maximum Gasteiger partial charge on any atom is 0.333 e. The molecule has 0 fully saturated rings. The first kappa shape index (κ1) is 40.5. The molecule has 0 N–H and O–H groups in total. The summed E-state index contributed by atoms with van der Waals surface area (Å²) in [6, 6.07) is 66.8. The Hall–Kier alpha value is -7.04. The molecule has 322 valence electrons. The Bertz CT molecular complexity index is 3560. The lowest BCUT2D eigenvalue weighted by Gasteiger charge is -2.42. The van der Waals surface area contributed by atoms with Crippen molar-refractivity contribution < 1.29 is 0 Å². The van der Waals surface area contributed by atoms with Gasteiger partial charge in [-0.3, -0.25) is 0 Å². The third kappa shape index (κ3) is 6.03. The van der Waals surface area contributed by atoms with E-state index < -0.39 is 0 Å². The van der Waals surface area contributed by atoms with Crippen LogP contribution in [-0.4, -0.2) is 15.9 Å². The quantitative estimate of drug-likeness (QED) is 0.161. The predicted molar refractivity (Wildman–Crippen MR) is 284 cm³/mol. The Morgan fingerprint density at radius 3 is 1.64 bits per heavy atom. The van der Waals surface area contributed by atoms with Crippen LogP contribution in [0.5, 0.6) is 0 Å². The summed E-state index contributed by atoms with van der Waals surface area (Å²) in [5.74, 6) is 0. The third-order valence-corrected chi connectivity index (χ3v) is 14.5. The number of hydrogen-bond acceptors (Lipinski definition) is 1. The highest BCUT2D eigenvalue weighted by molar-refractivity contribution is 6.90. The molecule has 4 heteroatoms. The highest BCUT2D eigenvalue weighted by atomic mass is 15.2. The number of nitrogens with zero attached hydrogens (tertiary/aromatic N) is 3. The van der Waals surface area contributed by atoms with Gasteiger partial charge in [0.2, 0.25) is 0 Å². The molecule has 2 aliphatic rings. The van der Waals surface area contributed by atoms with Crippen LogP contribution in [0.4, 0.5) is 17.1 Å². The van der Waals surface area contributed by atoms with E-state index in [1.807, 2.05) is 0 Å². The van der Waals surface area contributed by atoms with Crippen LogP contribution in [0, 0.1) is 0 Å². The Kier molecular flexibility index (Phi) is 8.73. The summed E-state index contributed by atoms with van der Waals surface area (Å²) in [7, 11) is 0. The van der Waals surface area contributed by atoms with Crippen LogP contribution in [0.2, 0.25) is 0 Å². The van der Waals surface area contributed by atoms with Gasteiger partial charge >= 0.3 is 6.85 Å². The zero-order valence-electron chi connectivity index (χ0n) is 39.7. The van der Waals surface area contributed by atoms with Gasteiger partial charge in [0.05, 0.1) is 11.0 Å². The van der Waals surface area contributed by atoms with Gasteiger partial charge in [0.1, 0.15) is 0 Å². The molecule has 0 atom stereocenters. The maximum atomic E-state index is 2.76. The number of benzene rings is 8. The molecule has 0 bridgehead atoms. The lowest BCUT2D eigenvalue weighted by molar-refractivity contribution is 0.589. The highest BCUT2D eigenvalue weighted by Crippen LogP contribution is 2.52. The van der Waals surface area contributed by atoms with Crippen LogP contribution >= 0.6 is 0 Å². The van der Waals surface area contributed by atoms with Crippen LogP contribution in [0.15, 0.2) is 176 Å². The SMILES string of the molecule is CC(C)(C)c1ccc(N2c3cc4c(cc3B3c5c(cc(C(C)(C)C)cc52)-c2cc(C(C)(C)C)cc5c(-c6ccccc6)c(-c6ccccc6)n3c25)c2ccccc2n4-c2ccccc2)cc1. The average Bonchev–Trinajstić information content (AvgIpc) is 3.82. The fourth-order valence-corrected chi connectivity index (χ4v) is 11.1. The van der Waals surface area contributed by atoms with Crippen molar-refractivity contribution >= 4 is 67.5 Å². The number of aromatic nitrogens is 2. The maximum absolute atomic E-state index is 2.76. The molecule has 3 nitrogen and oxygen atoms in total. The number of hydrogen-bond donors (Lipinski definition) is 0. The Balaban J connectivity index is 1.31. The van der Waals surface area contributed by atoms with E-state index in [2.05, 4.69) is 252 Å². The van der Waals surface area contributed by atoms with E-state index in [9.17, 15) is 0 Å². The second-order valence-electron chi connectivity index (χ2n) is 21.9. The van der Waals surface area contributed by atoms with Gasteiger partial charge in [-0.15, -0.1) is 0 Å². The zero-order chi connectivity index (χ0) is 45.4. The zero-order valence-corrected chi connectivity index (χ0v) is 39.7. The summed E-state index contributed by atoms with van der Waals surface area (Å²) < 4.78 is 5.23. The molecule has 0 radical (unpaired) electrons. The van der Waals surface area contributed by atoms with Gasteiger partial charge in [-0.05, 0) is 115 Å². The monoisotopic (exact) mass is 853 g/mol. The number of anilines is 3. The van der Waals surface area contributed by atoms with Gasteiger partial charge in [-0.25, -0.2) is 0 Å². The Morgan fingerprint density at radius 2 is 0.985 bits per heavy atom. The van der Waals surface area contributed by atoms with Gasteiger partial charge in [-0.2, -0.15) is 0 Å². The Labute approximate surface area is 390 Å². The van der Waals surface area contributed by atoms with Crippen molar-refractivity contribution in [3.8, 4) is 39.2 Å². The molecule has 8 aromatic carbocycles. The molecule has 12 rings (SSSR count). The van der Waals surface area contributed by atoms with Gasteiger partial charge in [0.15, 0.2) is 0 Å². The fraction of sp³-hybridized carbons (Fsp3) is 0.194. The molecule has 0 aliphatic carbocycles. The van der Waals surface area contributed by atoms with Crippen LogP contribution in [0.3, 0.4) is 0 Å². The van der Waals surface area contributed by atoms with Crippen LogP contribution in [-0.2, 0) is 16.2 Å². The van der Waals surface area contributed by atoms with Gasteiger partial charge < -0.3 is 13.9 Å². The Morgan fingerprint density at radius 1 is 0.409 bits per heavy atom. The minimum absolute atomic E-state index is 0.0239. The normalized spacial score (nSPS) is 13.5. The molecule has 0 amide bonds. The van der Waals surface area contributed by atoms with Crippen molar-refractivity contribution in [2.75, 3.05) is 4.90 Å². The molecule has 2 aromatic heterocycles. The van der Waals surface area contributed by atoms with E-state index in [1.54, 1.807) is 0 Å². The smallest absolute Gasteiger partial charge is 0.333 e. The molecule has 0 saturated heterocycles. The summed E-state index contributed by atoms with van der Waals surface area (Å²) in [5, 5.41) is 3.82. The first-order chi connectivity index (χ1) is 31.7. The fourth-order valence-electron chi connectivity index (χ4n) is 11.1. The first-order valence-corrected chi connectivity index (χ1v) is 23.7. The summed E-state index contributed by atoms with van der Waals surface area (Å²) >= 11 is 0. The molecule has 66 heavy (non-hydrogen) atoms. The van der Waals surface area contributed by atoms with E-state index in [-0.39, 0.29) is 23.1 Å². The second kappa shape index (κ2) is 14.2. The number of rotatable bonds is 4. The molecule has 0 unspecified atom stereocenters. The summed E-state index contributed by atoms with van der Waals surface area (Å²) in [5.41, 5.74) is 22.6. The van der Waals surface area contributed by atoms with Crippen molar-refractivity contribution in [1.82, 2.24) is 9.05 Å². The number of fused-ring (bicyclic) bond motifs is 7. The standard InChI is InChI=1S/C62H56BN3/c1-60(2,3)41-29-31-45(32-30-41)65-54-38-53-47(46-27-19-20-28-52(46)64(53)44-25-17-12-18-26-44)37-51(54)63-57-48(33-43(36-55(57)65)62(7,8)9)49-34-42(61(4,5)6)35-50-56(39-21-13-10-14-22-39)58(66(63)59(49)50)40-23-15-11-16-24-40/h10-38H,1-9H3. The lowest BCUT2D eigenvalue weighted by Crippen LogP contribution is -2.57.